The highest BCUT2D eigenvalue weighted by Gasteiger charge is 2.34. The molecular formula is C76H72N3O3P3S3. The zero-order valence-corrected chi connectivity index (χ0v) is 55.7. The average molecular weight is 1260 g/mol. The third-order valence-electron chi connectivity index (χ3n) is 15.7. The standard InChI is InChI=1S/C30H24NOPS.C24H26NOPS.C22H22NOPS/c1-4-12-22(13-5-1)20-23-21-32-30(31-23)29-28(26-18-10-11-19-27(26)34-29)33(24-14-6-2-7-15-24)25-16-8-3-9-17-25;1-16(2)21-15-26-24(25-21)22-17(3)28-18(4)23(22)27(19-11-7-5-8-12-19)20-13-9-6-10-14-20;1-16(2)20-15-24-21(23-20)19-13-14-26-22(19)25(17-9-5-3-6-10-17)18-11-7-4-8-12-18/h1-19,23H,20-21H2;5-14,16,21H,15H2,1-4H3;3-14,16,20H,15H2,1-2H3. The second-order valence-corrected chi connectivity index (χ2v) is 32.7. The average Bonchev–Trinajstić information content (AvgIpc) is 1.89. The van der Waals surface area contributed by atoms with E-state index in [1.807, 2.05) is 34.0 Å². The zero-order valence-electron chi connectivity index (χ0n) is 50.5. The van der Waals surface area contributed by atoms with Crippen LogP contribution in [-0.2, 0) is 20.6 Å². The van der Waals surface area contributed by atoms with Gasteiger partial charge in [-0.05, 0) is 111 Å². The highest BCUT2D eigenvalue weighted by molar-refractivity contribution is 7.84. The van der Waals surface area contributed by atoms with Gasteiger partial charge in [-0.1, -0.05) is 258 Å². The van der Waals surface area contributed by atoms with Crippen LogP contribution in [-0.4, -0.2) is 55.6 Å². The maximum absolute atomic E-state index is 6.29. The summed E-state index contributed by atoms with van der Waals surface area (Å²) in [6.45, 7) is 15.3. The third kappa shape index (κ3) is 14.0. The molecule has 0 saturated carbocycles. The van der Waals surface area contributed by atoms with Crippen LogP contribution in [0.3, 0.4) is 0 Å². The number of hydrogen-bond acceptors (Lipinski definition) is 9. The lowest BCUT2D eigenvalue weighted by Crippen LogP contribution is -2.25. The molecule has 12 heteroatoms. The Bertz CT molecular complexity index is 4020. The molecule has 14 rings (SSSR count). The molecule has 3 aliphatic rings. The molecule has 0 amide bonds. The molecule has 0 fully saturated rings. The fraction of sp³-hybridized carbons (Fsp3) is 0.197. The van der Waals surface area contributed by atoms with Crippen LogP contribution in [0.25, 0.3) is 10.1 Å². The minimum absolute atomic E-state index is 0.148. The molecule has 442 valence electrons. The number of rotatable bonds is 16. The van der Waals surface area contributed by atoms with Crippen molar-refractivity contribution in [3.8, 4) is 0 Å². The fourth-order valence-corrected chi connectivity index (χ4v) is 23.2. The number of fused-ring (bicyclic) bond motifs is 1. The van der Waals surface area contributed by atoms with Gasteiger partial charge >= 0.3 is 0 Å². The topological polar surface area (TPSA) is 64.8 Å². The van der Waals surface area contributed by atoms with Gasteiger partial charge in [-0.15, -0.1) is 34.0 Å². The van der Waals surface area contributed by atoms with Crippen LogP contribution in [0.2, 0.25) is 0 Å². The van der Waals surface area contributed by atoms with Gasteiger partial charge in [-0.25, -0.2) is 15.0 Å². The van der Waals surface area contributed by atoms with E-state index in [0.717, 1.165) is 29.7 Å². The van der Waals surface area contributed by atoms with Gasteiger partial charge < -0.3 is 14.2 Å². The summed E-state index contributed by atoms with van der Waals surface area (Å²) in [7, 11) is -2.04. The van der Waals surface area contributed by atoms with Crippen molar-refractivity contribution in [3.05, 3.63) is 279 Å². The van der Waals surface area contributed by atoms with Gasteiger partial charge in [0.25, 0.3) is 0 Å². The normalized spacial score (nSPS) is 16.2. The molecule has 0 radical (unpaired) electrons. The van der Waals surface area contributed by atoms with Gasteiger partial charge in [-0.3, -0.25) is 0 Å². The largest absolute Gasteiger partial charge is 0.475 e. The molecule has 0 aliphatic carbocycles. The van der Waals surface area contributed by atoms with Crippen LogP contribution in [0.15, 0.2) is 263 Å². The molecule has 0 saturated heterocycles. The quantitative estimate of drug-likeness (QED) is 0.0906. The van der Waals surface area contributed by atoms with Crippen molar-refractivity contribution in [1.82, 2.24) is 0 Å². The number of ether oxygens (including phenoxy) is 3. The number of aryl methyl sites for hydroxylation is 2. The van der Waals surface area contributed by atoms with Crippen molar-refractivity contribution >= 4 is 133 Å². The number of hydrogen-bond donors (Lipinski definition) is 0. The van der Waals surface area contributed by atoms with Crippen LogP contribution in [0.5, 0.6) is 0 Å². The van der Waals surface area contributed by atoms with E-state index in [1.54, 1.807) is 0 Å². The Hall–Kier alpha value is -7.18. The van der Waals surface area contributed by atoms with Gasteiger partial charge in [-0.2, -0.15) is 0 Å². The maximum Gasteiger partial charge on any atom is 0.227 e. The van der Waals surface area contributed by atoms with Crippen LogP contribution in [0.1, 0.15) is 59.0 Å². The highest BCUT2D eigenvalue weighted by Crippen LogP contribution is 2.43. The summed E-state index contributed by atoms with van der Waals surface area (Å²) in [5, 5.41) is 14.4. The smallest absolute Gasteiger partial charge is 0.227 e. The Morgan fingerprint density at radius 2 is 0.841 bits per heavy atom. The molecule has 3 aliphatic heterocycles. The number of nitrogens with zero attached hydrogens (tertiary/aromatic N) is 3. The molecule has 3 aromatic heterocycles. The lowest BCUT2D eigenvalue weighted by Gasteiger charge is -2.21. The molecule has 0 bridgehead atoms. The van der Waals surface area contributed by atoms with E-state index >= 15 is 0 Å². The van der Waals surface area contributed by atoms with Gasteiger partial charge in [0.05, 0.1) is 34.1 Å². The highest BCUT2D eigenvalue weighted by atomic mass is 32.1. The first-order valence-corrected chi connectivity index (χ1v) is 36.8. The first kappa shape index (κ1) is 61.1. The van der Waals surface area contributed by atoms with Gasteiger partial charge in [0, 0.05) is 35.1 Å². The predicted octanol–water partition coefficient (Wildman–Crippen LogP) is 15.3. The van der Waals surface area contributed by atoms with Crippen LogP contribution in [0, 0.1) is 25.7 Å². The zero-order chi connectivity index (χ0) is 60.3. The van der Waals surface area contributed by atoms with Crippen molar-refractivity contribution < 1.29 is 14.2 Å². The lowest BCUT2D eigenvalue weighted by molar-refractivity contribution is 0.292. The van der Waals surface area contributed by atoms with Crippen molar-refractivity contribution in [2.75, 3.05) is 19.8 Å². The molecule has 8 aromatic carbocycles. The van der Waals surface area contributed by atoms with Crippen LogP contribution >= 0.6 is 57.8 Å². The first-order valence-electron chi connectivity index (χ1n) is 30.2. The predicted molar refractivity (Wildman–Crippen MR) is 385 cm³/mol. The molecule has 6 nitrogen and oxygen atoms in total. The fourth-order valence-electron chi connectivity index (χ4n) is 11.2. The Morgan fingerprint density at radius 3 is 1.33 bits per heavy atom. The SMILES string of the molecule is CC(C)C1COC(c2ccsc2P(c2ccccc2)c2ccccc2)=N1.Cc1sc(C)c(P(c2ccccc2)c2ccccc2)c1C1=NC(C(C)C)CO1.c1ccc(CC2COC(c3sc4ccccc4c3P(c3ccccc3)c3ccccc3)=N2)cc1. The summed E-state index contributed by atoms with van der Waals surface area (Å²) in [5.41, 5.74) is 3.69. The maximum atomic E-state index is 6.29. The Balaban J connectivity index is 0.000000130. The van der Waals surface area contributed by atoms with Gasteiger partial charge in [0.15, 0.2) is 0 Å². The summed E-state index contributed by atoms with van der Waals surface area (Å²) in [6, 6.07) is 87.2. The van der Waals surface area contributed by atoms with E-state index in [-0.39, 0.29) is 18.1 Å². The Labute approximate surface area is 535 Å². The minimum atomic E-state index is -0.758. The van der Waals surface area contributed by atoms with E-state index < -0.39 is 23.8 Å². The molecule has 6 heterocycles. The second kappa shape index (κ2) is 29.0. The minimum Gasteiger partial charge on any atom is -0.475 e. The van der Waals surface area contributed by atoms with Crippen molar-refractivity contribution in [1.29, 1.82) is 0 Å². The van der Waals surface area contributed by atoms with Gasteiger partial charge in [0.2, 0.25) is 17.7 Å². The number of aliphatic imine (C=N–C) groups is 3. The van der Waals surface area contributed by atoms with E-state index in [4.69, 9.17) is 29.2 Å². The van der Waals surface area contributed by atoms with Crippen molar-refractivity contribution in [3.63, 3.8) is 0 Å². The summed E-state index contributed by atoms with van der Waals surface area (Å²) in [5.74, 6) is 3.45. The monoisotopic (exact) mass is 1260 g/mol. The molecule has 3 atom stereocenters. The van der Waals surface area contributed by atoms with Gasteiger partial charge in [0.1, 0.15) is 19.8 Å². The summed E-state index contributed by atoms with van der Waals surface area (Å²) in [4.78, 5) is 18.8. The molecule has 3 unspecified atom stereocenters. The van der Waals surface area contributed by atoms with Crippen molar-refractivity contribution in [2.24, 2.45) is 26.8 Å². The lowest BCUT2D eigenvalue weighted by atomic mass is 10.1. The van der Waals surface area contributed by atoms with Crippen molar-refractivity contribution in [2.45, 2.75) is 66.1 Å². The summed E-state index contributed by atoms with van der Waals surface area (Å²) in [6.07, 6.45) is 0.900. The molecule has 0 spiro atoms. The van der Waals surface area contributed by atoms with Crippen LogP contribution < -0.4 is 47.1 Å². The van der Waals surface area contributed by atoms with E-state index in [2.05, 4.69) is 290 Å². The molecule has 0 N–H and O–H groups in total. The van der Waals surface area contributed by atoms with Crippen LogP contribution in [0.4, 0.5) is 0 Å². The summed E-state index contributed by atoms with van der Waals surface area (Å²) >= 11 is 5.48. The number of benzene rings is 8. The Kier molecular flexibility index (Phi) is 20.1. The first-order chi connectivity index (χ1) is 43.2. The Morgan fingerprint density at radius 1 is 0.420 bits per heavy atom. The molecule has 88 heavy (non-hydrogen) atoms. The van der Waals surface area contributed by atoms with E-state index in [1.165, 1.54) is 82.9 Å². The third-order valence-corrected chi connectivity index (χ3v) is 27.2. The van der Waals surface area contributed by atoms with E-state index in [0.29, 0.717) is 31.7 Å². The summed E-state index contributed by atoms with van der Waals surface area (Å²) < 4.78 is 21.1. The van der Waals surface area contributed by atoms with E-state index in [9.17, 15) is 0 Å². The molecule has 11 aromatic rings. The number of thiophene rings is 3. The second-order valence-electron chi connectivity index (χ2n) is 22.6. The molecular weight excluding hydrogens is 1190 g/mol.